The molecule has 2 heterocycles. The Morgan fingerprint density at radius 1 is 0.974 bits per heavy atom. The molecule has 38 heavy (non-hydrogen) atoms. The number of carbonyl (C=O) groups is 2. The van der Waals surface area contributed by atoms with Gasteiger partial charge in [0.05, 0.1) is 17.5 Å². The molecule has 0 aliphatic rings. The summed E-state index contributed by atoms with van der Waals surface area (Å²) in [5, 5.41) is 1.82. The number of esters is 1. The summed E-state index contributed by atoms with van der Waals surface area (Å²) in [7, 11) is 0. The molecule has 0 unspecified atom stereocenters. The highest BCUT2D eigenvalue weighted by Crippen LogP contribution is 2.39. The molecule has 0 aliphatic heterocycles. The van der Waals surface area contributed by atoms with Crippen LogP contribution in [0.5, 0.6) is 0 Å². The van der Waals surface area contributed by atoms with Crippen LogP contribution in [0.1, 0.15) is 48.7 Å². The Hall–Kier alpha value is -4.02. The van der Waals surface area contributed by atoms with E-state index in [0.717, 1.165) is 10.8 Å². The first kappa shape index (κ1) is 27.0. The summed E-state index contributed by atoms with van der Waals surface area (Å²) in [4.78, 5) is 35.0. The molecule has 2 N–H and O–H groups in total. The lowest BCUT2D eigenvalue weighted by Gasteiger charge is -2.32. The fourth-order valence-corrected chi connectivity index (χ4v) is 4.65. The highest BCUT2D eigenvalue weighted by Gasteiger charge is 2.42. The van der Waals surface area contributed by atoms with Gasteiger partial charge in [0.2, 0.25) is 18.8 Å². The van der Waals surface area contributed by atoms with E-state index in [1.54, 1.807) is 12.4 Å². The van der Waals surface area contributed by atoms with Gasteiger partial charge in [-0.25, -0.2) is 27.5 Å². The maximum Gasteiger partial charge on any atom is 0.316 e. The molecule has 4 rings (SSSR count). The molecule has 4 aromatic rings. The molecule has 0 fully saturated rings. The van der Waals surface area contributed by atoms with Gasteiger partial charge in [-0.2, -0.15) is 0 Å². The molecule has 0 spiro atoms. The molecule has 0 radical (unpaired) electrons. The van der Waals surface area contributed by atoms with Crippen molar-refractivity contribution >= 4 is 39.5 Å². The van der Waals surface area contributed by atoms with Crippen molar-refractivity contribution in [1.82, 2.24) is 14.5 Å². The van der Waals surface area contributed by atoms with Gasteiger partial charge in [0.1, 0.15) is 5.69 Å². The van der Waals surface area contributed by atoms with Crippen LogP contribution in [-0.4, -0.2) is 45.9 Å². The Morgan fingerprint density at radius 3 is 2.13 bits per heavy atom. The second kappa shape index (κ2) is 11.2. The van der Waals surface area contributed by atoms with Crippen molar-refractivity contribution in [3.63, 3.8) is 0 Å². The van der Waals surface area contributed by atoms with E-state index in [2.05, 4.69) is 9.97 Å². The first-order valence-corrected chi connectivity index (χ1v) is 12.1. The number of hydrogen-bond donors (Lipinski definition) is 1. The number of alkyl halides is 4. The summed E-state index contributed by atoms with van der Waals surface area (Å²) >= 11 is 0. The summed E-state index contributed by atoms with van der Waals surface area (Å²) in [6.07, 6.45) is -4.55. The smallest absolute Gasteiger partial charge is 0.316 e. The third-order valence-electron chi connectivity index (χ3n) is 6.50. The Balaban J connectivity index is 1.89. The minimum absolute atomic E-state index is 0.0674. The number of benzene rings is 2. The molecule has 0 amide bonds. The first-order chi connectivity index (χ1) is 18.1. The molecule has 7 nitrogen and oxygen atoms in total. The number of carbonyl (C=O) groups excluding carboxylic acids is 2. The average Bonchev–Trinajstić information content (AvgIpc) is 3.32. The second-order valence-corrected chi connectivity index (χ2v) is 8.92. The van der Waals surface area contributed by atoms with Crippen molar-refractivity contribution in [3.8, 4) is 0 Å². The van der Waals surface area contributed by atoms with Gasteiger partial charge in [0.15, 0.2) is 0 Å². The van der Waals surface area contributed by atoms with E-state index in [1.807, 2.05) is 24.3 Å². The summed E-state index contributed by atoms with van der Waals surface area (Å²) in [6.45, 7) is 1.47. The zero-order valence-electron chi connectivity index (χ0n) is 20.5. The van der Waals surface area contributed by atoms with Crippen molar-refractivity contribution in [3.05, 3.63) is 66.1 Å². The number of nitrogens with zero attached hydrogens (tertiary/aromatic N) is 3. The van der Waals surface area contributed by atoms with E-state index in [0.29, 0.717) is 0 Å². The van der Waals surface area contributed by atoms with Crippen molar-refractivity contribution in [2.75, 3.05) is 12.3 Å². The number of fused-ring (bicyclic) bond motifs is 2. The molecular weight excluding hydrogens is 504 g/mol. The monoisotopic (exact) mass is 530 g/mol. The Morgan fingerprint density at radius 2 is 1.58 bits per heavy atom. The normalized spacial score (nSPS) is 12.1. The van der Waals surface area contributed by atoms with Gasteiger partial charge in [-0.05, 0) is 48.2 Å². The van der Waals surface area contributed by atoms with Gasteiger partial charge in [-0.1, -0.05) is 30.3 Å². The maximum absolute atomic E-state index is 13.5. The fourth-order valence-electron chi connectivity index (χ4n) is 4.65. The maximum atomic E-state index is 13.5. The zero-order chi connectivity index (χ0) is 27.4. The van der Waals surface area contributed by atoms with E-state index in [4.69, 9.17) is 10.5 Å². The SMILES string of the molecule is CCOC(=O)C(CCC(F)F)(CCC(F)F)c1ccc2nc(N)nc(C(=O)n3cc4ccccc4c3)c2c1. The lowest BCUT2D eigenvalue weighted by atomic mass is 9.72. The molecule has 2 aromatic heterocycles. The number of halogens is 4. The van der Waals surface area contributed by atoms with Gasteiger partial charge in [0, 0.05) is 30.6 Å². The van der Waals surface area contributed by atoms with Gasteiger partial charge >= 0.3 is 5.97 Å². The number of rotatable bonds is 10. The Kier molecular flexibility index (Phi) is 7.94. The van der Waals surface area contributed by atoms with Crippen LogP contribution >= 0.6 is 0 Å². The Labute approximate surface area is 215 Å². The summed E-state index contributed by atoms with van der Waals surface area (Å²) in [5.74, 6) is -1.60. The van der Waals surface area contributed by atoms with Crippen LogP contribution in [0.3, 0.4) is 0 Å². The molecule has 0 bridgehead atoms. The van der Waals surface area contributed by atoms with E-state index in [-0.39, 0.29) is 34.7 Å². The highest BCUT2D eigenvalue weighted by atomic mass is 19.3. The minimum atomic E-state index is -2.76. The predicted molar refractivity (Wildman–Crippen MR) is 134 cm³/mol. The van der Waals surface area contributed by atoms with Gasteiger partial charge in [-0.3, -0.25) is 14.2 Å². The van der Waals surface area contributed by atoms with E-state index in [9.17, 15) is 27.2 Å². The minimum Gasteiger partial charge on any atom is -0.465 e. The Bertz CT molecular complexity index is 1430. The topological polar surface area (TPSA) is 100 Å². The van der Waals surface area contributed by atoms with Gasteiger partial charge < -0.3 is 10.5 Å². The quantitative estimate of drug-likeness (QED) is 0.207. The molecule has 2 aromatic carbocycles. The largest absolute Gasteiger partial charge is 0.465 e. The molecular formula is C27H26F4N4O3. The van der Waals surface area contributed by atoms with E-state index < -0.39 is 55.8 Å². The predicted octanol–water partition coefficient (Wildman–Crippen LogP) is 5.75. The van der Waals surface area contributed by atoms with Gasteiger partial charge in [-0.15, -0.1) is 0 Å². The van der Waals surface area contributed by atoms with Crippen molar-refractivity contribution in [1.29, 1.82) is 0 Å². The van der Waals surface area contributed by atoms with E-state index in [1.165, 1.54) is 29.7 Å². The average molecular weight is 531 g/mol. The van der Waals surface area contributed by atoms with Crippen molar-refractivity contribution in [2.24, 2.45) is 0 Å². The number of nitrogen functional groups attached to an aromatic ring is 1. The molecule has 0 saturated heterocycles. The second-order valence-electron chi connectivity index (χ2n) is 8.92. The van der Waals surface area contributed by atoms with E-state index >= 15 is 0 Å². The number of aromatic nitrogens is 3. The van der Waals surface area contributed by atoms with Crippen LogP contribution in [0.15, 0.2) is 54.9 Å². The molecule has 200 valence electrons. The van der Waals surface area contributed by atoms with Gasteiger partial charge in [0.25, 0.3) is 5.91 Å². The third-order valence-corrected chi connectivity index (χ3v) is 6.50. The lowest BCUT2D eigenvalue weighted by molar-refractivity contribution is -0.151. The van der Waals surface area contributed by atoms with Crippen LogP contribution in [-0.2, 0) is 14.9 Å². The van der Waals surface area contributed by atoms with Crippen LogP contribution < -0.4 is 5.73 Å². The zero-order valence-corrected chi connectivity index (χ0v) is 20.5. The molecule has 0 aliphatic carbocycles. The number of nitrogens with two attached hydrogens (primary N) is 1. The lowest BCUT2D eigenvalue weighted by Crippen LogP contribution is -2.39. The first-order valence-electron chi connectivity index (χ1n) is 12.1. The molecule has 0 atom stereocenters. The van der Waals surface area contributed by atoms with Crippen molar-refractivity contribution in [2.45, 2.75) is 50.9 Å². The third kappa shape index (κ3) is 5.46. The van der Waals surface area contributed by atoms with Crippen LogP contribution in [0.2, 0.25) is 0 Å². The van der Waals surface area contributed by atoms with Crippen LogP contribution in [0.25, 0.3) is 21.7 Å². The number of anilines is 1. The number of hydrogen-bond acceptors (Lipinski definition) is 6. The number of ether oxygens (including phenoxy) is 1. The summed E-state index contributed by atoms with van der Waals surface area (Å²) < 4.78 is 59.7. The summed E-state index contributed by atoms with van der Waals surface area (Å²) in [6, 6.07) is 11.7. The fraction of sp³-hybridized carbons (Fsp3) is 0.333. The van der Waals surface area contributed by atoms with Crippen LogP contribution in [0.4, 0.5) is 23.5 Å². The highest BCUT2D eigenvalue weighted by molar-refractivity contribution is 6.07. The molecule has 11 heteroatoms. The van der Waals surface area contributed by atoms with Crippen LogP contribution in [0, 0.1) is 0 Å². The molecule has 0 saturated carbocycles. The standard InChI is InChI=1S/C27H26F4N4O3/c1-2-38-25(37)27(11-9-21(28)29,12-10-22(30)31)18-7-8-20-19(13-18)23(34-26(32)33-20)24(36)35-14-16-5-3-4-6-17(16)15-35/h3-8,13-15,21-22H,2,9-12H2,1H3,(H2,32,33,34). The van der Waals surface area contributed by atoms with Crippen molar-refractivity contribution < 1.29 is 31.9 Å². The summed E-state index contributed by atoms with van der Waals surface area (Å²) in [5.41, 5.74) is 4.41.